The van der Waals surface area contributed by atoms with Gasteiger partial charge in [-0.25, -0.2) is 0 Å². The van der Waals surface area contributed by atoms with Crippen LogP contribution < -0.4 is 0 Å². The summed E-state index contributed by atoms with van der Waals surface area (Å²) in [5.41, 5.74) is 4.24. The summed E-state index contributed by atoms with van der Waals surface area (Å²) in [6, 6.07) is 9.63. The first kappa shape index (κ1) is 11.5. The Morgan fingerprint density at radius 1 is 0.941 bits per heavy atom. The van der Waals surface area contributed by atoms with Crippen LogP contribution in [0.2, 0.25) is 0 Å². The van der Waals surface area contributed by atoms with Gasteiger partial charge in [-0.3, -0.25) is 9.78 Å². The monoisotopic (exact) mass is 225 g/mol. The smallest absolute Gasteiger partial charge is 0.212 e. The van der Waals surface area contributed by atoms with Crippen LogP contribution in [-0.4, -0.2) is 10.8 Å². The predicted molar refractivity (Wildman–Crippen MR) is 68.3 cm³/mol. The van der Waals surface area contributed by atoms with E-state index in [4.69, 9.17) is 0 Å². The molecule has 0 unspecified atom stereocenters. The number of ketones is 1. The highest BCUT2D eigenvalue weighted by molar-refractivity contribution is 6.10. The zero-order chi connectivity index (χ0) is 12.4. The van der Waals surface area contributed by atoms with Crippen LogP contribution in [0.5, 0.6) is 0 Å². The molecule has 1 aromatic carbocycles. The fourth-order valence-electron chi connectivity index (χ4n) is 2.01. The molecule has 17 heavy (non-hydrogen) atoms. The van der Waals surface area contributed by atoms with Crippen molar-refractivity contribution in [2.75, 3.05) is 0 Å². The second-order valence-electron chi connectivity index (χ2n) is 4.26. The molecule has 1 heterocycles. The first-order chi connectivity index (χ1) is 8.11. The molecule has 2 rings (SSSR count). The Hall–Kier alpha value is -1.96. The zero-order valence-corrected chi connectivity index (χ0v) is 10.3. The maximum atomic E-state index is 12.4. The van der Waals surface area contributed by atoms with Crippen molar-refractivity contribution in [3.8, 4) is 0 Å². The number of aromatic nitrogens is 1. The van der Waals surface area contributed by atoms with Crippen LogP contribution in [0.15, 0.2) is 36.5 Å². The Labute approximate surface area is 101 Å². The fraction of sp³-hybridized carbons (Fsp3) is 0.200. The number of nitrogens with zero attached hydrogens (tertiary/aromatic N) is 1. The zero-order valence-electron chi connectivity index (χ0n) is 10.3. The third-order valence-corrected chi connectivity index (χ3v) is 2.93. The number of hydrogen-bond donors (Lipinski definition) is 0. The molecule has 0 saturated heterocycles. The molecule has 0 aliphatic carbocycles. The van der Waals surface area contributed by atoms with Gasteiger partial charge < -0.3 is 0 Å². The molecule has 0 aliphatic rings. The summed E-state index contributed by atoms with van der Waals surface area (Å²) in [7, 11) is 0. The molecule has 0 aliphatic heterocycles. The Balaban J connectivity index is 2.56. The maximum Gasteiger partial charge on any atom is 0.212 e. The number of rotatable bonds is 2. The molecule has 0 atom stereocenters. The van der Waals surface area contributed by atoms with E-state index in [-0.39, 0.29) is 5.78 Å². The van der Waals surface area contributed by atoms with Crippen molar-refractivity contribution in [3.63, 3.8) is 0 Å². The van der Waals surface area contributed by atoms with Gasteiger partial charge in [-0.15, -0.1) is 0 Å². The van der Waals surface area contributed by atoms with Gasteiger partial charge in [0.2, 0.25) is 5.78 Å². The van der Waals surface area contributed by atoms with Crippen molar-refractivity contribution in [1.82, 2.24) is 4.98 Å². The second kappa shape index (κ2) is 4.50. The van der Waals surface area contributed by atoms with Crippen LogP contribution in [0.25, 0.3) is 0 Å². The Morgan fingerprint density at radius 2 is 1.53 bits per heavy atom. The van der Waals surface area contributed by atoms with Gasteiger partial charge in [0, 0.05) is 11.8 Å². The minimum absolute atomic E-state index is 0.0127. The first-order valence-corrected chi connectivity index (χ1v) is 5.64. The largest absolute Gasteiger partial charge is 0.287 e. The highest BCUT2D eigenvalue weighted by Gasteiger charge is 2.16. The molecule has 0 saturated carbocycles. The first-order valence-electron chi connectivity index (χ1n) is 5.64. The van der Waals surface area contributed by atoms with Crippen LogP contribution in [0.3, 0.4) is 0 Å². The Bertz CT molecular complexity index is 553. The van der Waals surface area contributed by atoms with Gasteiger partial charge >= 0.3 is 0 Å². The van der Waals surface area contributed by atoms with E-state index in [2.05, 4.69) is 4.98 Å². The van der Waals surface area contributed by atoms with Crippen LogP contribution in [0.1, 0.15) is 32.7 Å². The lowest BCUT2D eigenvalue weighted by atomic mass is 9.96. The molecule has 0 N–H and O–H groups in total. The minimum atomic E-state index is 0.0127. The minimum Gasteiger partial charge on any atom is -0.287 e. The van der Waals surface area contributed by atoms with Crippen molar-refractivity contribution in [2.45, 2.75) is 20.8 Å². The highest BCUT2D eigenvalue weighted by atomic mass is 16.1. The van der Waals surface area contributed by atoms with Gasteiger partial charge in [0.15, 0.2) is 0 Å². The van der Waals surface area contributed by atoms with E-state index in [9.17, 15) is 4.79 Å². The molecule has 0 amide bonds. The van der Waals surface area contributed by atoms with Crippen LogP contribution >= 0.6 is 0 Å². The number of carbonyl (C=O) groups is 1. The van der Waals surface area contributed by atoms with Gasteiger partial charge in [0.25, 0.3) is 0 Å². The molecule has 2 aromatic rings. The summed E-state index contributed by atoms with van der Waals surface area (Å²) >= 11 is 0. The lowest BCUT2D eigenvalue weighted by Gasteiger charge is -2.09. The van der Waals surface area contributed by atoms with Gasteiger partial charge in [0.05, 0.1) is 0 Å². The van der Waals surface area contributed by atoms with E-state index in [1.807, 2.05) is 51.1 Å². The van der Waals surface area contributed by atoms with Gasteiger partial charge in [0.1, 0.15) is 5.69 Å². The van der Waals surface area contributed by atoms with Crippen LogP contribution in [0.4, 0.5) is 0 Å². The Kier molecular flexibility index (Phi) is 3.05. The topological polar surface area (TPSA) is 30.0 Å². The average molecular weight is 225 g/mol. The molecule has 0 bridgehead atoms. The highest BCUT2D eigenvalue weighted by Crippen LogP contribution is 2.18. The average Bonchev–Trinajstić information content (AvgIpc) is 2.29. The summed E-state index contributed by atoms with van der Waals surface area (Å²) in [5.74, 6) is 0.0127. The predicted octanol–water partition coefficient (Wildman–Crippen LogP) is 3.24. The van der Waals surface area contributed by atoms with E-state index in [1.54, 1.807) is 6.20 Å². The van der Waals surface area contributed by atoms with E-state index in [0.29, 0.717) is 5.69 Å². The molecule has 0 radical (unpaired) electrons. The fourth-order valence-corrected chi connectivity index (χ4v) is 2.01. The van der Waals surface area contributed by atoms with Crippen molar-refractivity contribution < 1.29 is 4.79 Å². The van der Waals surface area contributed by atoms with Crippen molar-refractivity contribution in [1.29, 1.82) is 0 Å². The van der Waals surface area contributed by atoms with Crippen molar-refractivity contribution in [3.05, 3.63) is 64.5 Å². The molecular weight excluding hydrogens is 210 g/mol. The molecule has 1 aromatic heterocycles. The van der Waals surface area contributed by atoms with E-state index in [0.717, 1.165) is 22.3 Å². The van der Waals surface area contributed by atoms with Crippen LogP contribution in [0, 0.1) is 20.8 Å². The third-order valence-electron chi connectivity index (χ3n) is 2.93. The summed E-state index contributed by atoms with van der Waals surface area (Å²) in [5, 5.41) is 0. The summed E-state index contributed by atoms with van der Waals surface area (Å²) < 4.78 is 0. The van der Waals surface area contributed by atoms with E-state index >= 15 is 0 Å². The number of pyridine rings is 1. The molecule has 0 fully saturated rings. The second-order valence-corrected chi connectivity index (χ2v) is 4.26. The summed E-state index contributed by atoms with van der Waals surface area (Å²) in [6.45, 7) is 5.82. The quantitative estimate of drug-likeness (QED) is 0.734. The molecule has 2 heteroatoms. The Morgan fingerprint density at radius 3 is 2.12 bits per heavy atom. The number of carbonyl (C=O) groups excluding carboxylic acids is 1. The number of aryl methyl sites for hydroxylation is 3. The SMILES string of the molecule is Cc1cccnc1C(=O)c1c(C)cccc1C. The molecule has 86 valence electrons. The summed E-state index contributed by atoms with van der Waals surface area (Å²) in [6.07, 6.45) is 1.66. The number of hydrogen-bond acceptors (Lipinski definition) is 2. The van der Waals surface area contributed by atoms with Gasteiger partial charge in [-0.2, -0.15) is 0 Å². The molecular formula is C15H15NO. The molecule has 0 spiro atoms. The third kappa shape index (κ3) is 2.11. The van der Waals surface area contributed by atoms with E-state index in [1.165, 1.54) is 0 Å². The normalized spacial score (nSPS) is 10.3. The lowest BCUT2D eigenvalue weighted by molar-refractivity contribution is 0.103. The van der Waals surface area contributed by atoms with Crippen molar-refractivity contribution in [2.24, 2.45) is 0 Å². The van der Waals surface area contributed by atoms with Gasteiger partial charge in [-0.1, -0.05) is 24.3 Å². The molecule has 2 nitrogen and oxygen atoms in total. The van der Waals surface area contributed by atoms with Crippen LogP contribution in [-0.2, 0) is 0 Å². The van der Waals surface area contributed by atoms with Crippen molar-refractivity contribution >= 4 is 5.78 Å². The standard InChI is InChI=1S/C15H15NO/c1-10-6-4-7-11(2)13(10)15(17)14-12(3)8-5-9-16-14/h4-9H,1-3H3. The van der Waals surface area contributed by atoms with E-state index < -0.39 is 0 Å². The van der Waals surface area contributed by atoms with Gasteiger partial charge in [-0.05, 0) is 43.5 Å². The maximum absolute atomic E-state index is 12.4. The lowest BCUT2D eigenvalue weighted by Crippen LogP contribution is -2.09. The number of benzene rings is 1. The summed E-state index contributed by atoms with van der Waals surface area (Å²) in [4.78, 5) is 16.6.